The van der Waals surface area contributed by atoms with E-state index in [1.165, 1.54) is 11.8 Å². The number of thioether (sulfide) groups is 1. The molecule has 0 bridgehead atoms. The number of carbonyl (C=O) groups is 1. The molecule has 1 amide bonds. The minimum atomic E-state index is -0.0785. The normalized spacial score (nSPS) is 21.7. The highest BCUT2D eigenvalue weighted by molar-refractivity contribution is 8.00. The van der Waals surface area contributed by atoms with Gasteiger partial charge in [0.1, 0.15) is 0 Å². The Morgan fingerprint density at radius 2 is 2.44 bits per heavy atom. The van der Waals surface area contributed by atoms with Crippen LogP contribution in [0, 0.1) is 0 Å². The van der Waals surface area contributed by atoms with Crippen LogP contribution in [-0.2, 0) is 4.79 Å². The monoisotopic (exact) mass is 265 g/mol. The van der Waals surface area contributed by atoms with Crippen LogP contribution in [0.1, 0.15) is 13.8 Å². The van der Waals surface area contributed by atoms with Gasteiger partial charge >= 0.3 is 0 Å². The molecule has 2 rings (SSSR count). The Morgan fingerprint density at radius 1 is 1.61 bits per heavy atom. The summed E-state index contributed by atoms with van der Waals surface area (Å²) in [5.41, 5.74) is 0. The zero-order chi connectivity index (χ0) is 13.0. The van der Waals surface area contributed by atoms with Gasteiger partial charge in [-0.1, -0.05) is 17.8 Å². The molecule has 0 aromatic carbocycles. The molecule has 1 unspecified atom stereocenters. The fourth-order valence-corrected chi connectivity index (χ4v) is 2.93. The van der Waals surface area contributed by atoms with Crippen molar-refractivity contribution in [1.29, 1.82) is 0 Å². The number of amides is 1. The molecule has 1 aromatic rings. The molecule has 1 aliphatic heterocycles. The fourth-order valence-electron chi connectivity index (χ4n) is 2.04. The van der Waals surface area contributed by atoms with E-state index in [1.54, 1.807) is 6.20 Å². The Kier molecular flexibility index (Phi) is 4.60. The lowest BCUT2D eigenvalue weighted by Gasteiger charge is -2.33. The van der Waals surface area contributed by atoms with Crippen molar-refractivity contribution in [3.63, 3.8) is 0 Å². The van der Waals surface area contributed by atoms with Crippen LogP contribution in [0.5, 0.6) is 0 Å². The first-order valence-corrected chi connectivity index (χ1v) is 7.14. The number of hydrogen-bond donors (Lipinski definition) is 1. The van der Waals surface area contributed by atoms with Crippen LogP contribution in [0.2, 0.25) is 0 Å². The van der Waals surface area contributed by atoms with Gasteiger partial charge in [0, 0.05) is 31.9 Å². The third-order valence-corrected chi connectivity index (χ3v) is 4.00. The van der Waals surface area contributed by atoms with Crippen molar-refractivity contribution < 1.29 is 4.79 Å². The van der Waals surface area contributed by atoms with Crippen LogP contribution in [-0.4, -0.2) is 46.7 Å². The van der Waals surface area contributed by atoms with Crippen molar-refractivity contribution in [2.24, 2.45) is 0 Å². The van der Waals surface area contributed by atoms with Crippen molar-refractivity contribution in [3.05, 3.63) is 24.4 Å². The van der Waals surface area contributed by atoms with Gasteiger partial charge in [-0.25, -0.2) is 4.98 Å². The summed E-state index contributed by atoms with van der Waals surface area (Å²) >= 11 is 1.52. The van der Waals surface area contributed by atoms with E-state index in [2.05, 4.69) is 17.2 Å². The number of nitrogens with zero attached hydrogens (tertiary/aromatic N) is 2. The molecule has 2 heterocycles. The van der Waals surface area contributed by atoms with Gasteiger partial charge in [0.25, 0.3) is 0 Å². The van der Waals surface area contributed by atoms with Crippen LogP contribution in [0.4, 0.5) is 0 Å². The molecule has 4 nitrogen and oxygen atoms in total. The molecule has 1 aromatic heterocycles. The third kappa shape index (κ3) is 3.46. The largest absolute Gasteiger partial charge is 0.339 e. The van der Waals surface area contributed by atoms with Crippen LogP contribution >= 0.6 is 11.8 Å². The first-order chi connectivity index (χ1) is 8.66. The number of piperazine rings is 1. The van der Waals surface area contributed by atoms with Gasteiger partial charge < -0.3 is 10.2 Å². The van der Waals surface area contributed by atoms with Gasteiger partial charge in [0.05, 0.1) is 10.3 Å². The molecule has 1 aliphatic rings. The molecule has 0 aliphatic carbocycles. The van der Waals surface area contributed by atoms with Gasteiger partial charge in [-0.2, -0.15) is 0 Å². The SMILES string of the molecule is CC(Sc1ccccn1)C(=O)N1CCN[C@H](C)C1. The summed E-state index contributed by atoms with van der Waals surface area (Å²) < 4.78 is 0. The third-order valence-electron chi connectivity index (χ3n) is 2.96. The Balaban J connectivity index is 1.92. The lowest BCUT2D eigenvalue weighted by atomic mass is 10.2. The molecule has 2 atom stereocenters. The molecule has 1 fully saturated rings. The number of rotatable bonds is 3. The summed E-state index contributed by atoms with van der Waals surface area (Å²) in [6.45, 7) is 6.54. The fraction of sp³-hybridized carbons (Fsp3) is 0.538. The van der Waals surface area contributed by atoms with Gasteiger partial charge in [-0.3, -0.25) is 4.79 Å². The number of carbonyl (C=O) groups excluding carboxylic acids is 1. The molecule has 5 heteroatoms. The Hall–Kier alpha value is -1.07. The molecule has 1 N–H and O–H groups in total. The average Bonchev–Trinajstić information content (AvgIpc) is 2.39. The van der Waals surface area contributed by atoms with Crippen molar-refractivity contribution in [1.82, 2.24) is 15.2 Å². The van der Waals surface area contributed by atoms with Gasteiger partial charge in [-0.15, -0.1) is 0 Å². The predicted octanol–water partition coefficient (Wildman–Crippen LogP) is 1.38. The maximum Gasteiger partial charge on any atom is 0.235 e. The highest BCUT2D eigenvalue weighted by Crippen LogP contribution is 2.22. The minimum absolute atomic E-state index is 0.0785. The van der Waals surface area contributed by atoms with Gasteiger partial charge in [-0.05, 0) is 26.0 Å². The Labute approximate surface area is 112 Å². The van der Waals surface area contributed by atoms with Crippen molar-refractivity contribution in [2.75, 3.05) is 19.6 Å². The quantitative estimate of drug-likeness (QED) is 0.839. The summed E-state index contributed by atoms with van der Waals surface area (Å²) in [4.78, 5) is 18.5. The summed E-state index contributed by atoms with van der Waals surface area (Å²) in [6, 6.07) is 6.15. The lowest BCUT2D eigenvalue weighted by Crippen LogP contribution is -2.53. The maximum atomic E-state index is 12.3. The van der Waals surface area contributed by atoms with Crippen LogP contribution in [0.25, 0.3) is 0 Å². The Morgan fingerprint density at radius 3 is 3.11 bits per heavy atom. The Bertz CT molecular complexity index is 398. The van der Waals surface area contributed by atoms with Gasteiger partial charge in [0.2, 0.25) is 5.91 Å². The van der Waals surface area contributed by atoms with Crippen LogP contribution in [0.15, 0.2) is 29.4 Å². The molecule has 1 saturated heterocycles. The van der Waals surface area contributed by atoms with Crippen LogP contribution in [0.3, 0.4) is 0 Å². The summed E-state index contributed by atoms with van der Waals surface area (Å²) in [5, 5.41) is 4.17. The highest BCUT2D eigenvalue weighted by atomic mass is 32.2. The van der Waals surface area contributed by atoms with Crippen molar-refractivity contribution in [3.8, 4) is 0 Å². The molecule has 18 heavy (non-hydrogen) atoms. The average molecular weight is 265 g/mol. The maximum absolute atomic E-state index is 12.3. The number of pyridine rings is 1. The van der Waals surface area contributed by atoms with E-state index >= 15 is 0 Å². The standard InChI is InChI=1S/C13H19N3OS/c1-10-9-16(8-7-14-10)13(17)11(2)18-12-5-3-4-6-15-12/h3-6,10-11,14H,7-9H2,1-2H3/t10-,11?/m1/s1. The second kappa shape index (κ2) is 6.20. The molecular formula is C13H19N3OS. The first kappa shape index (κ1) is 13.4. The second-order valence-corrected chi connectivity index (χ2v) is 5.93. The summed E-state index contributed by atoms with van der Waals surface area (Å²) in [7, 11) is 0. The molecule has 0 saturated carbocycles. The van der Waals surface area contributed by atoms with Crippen molar-refractivity contribution in [2.45, 2.75) is 30.2 Å². The van der Waals surface area contributed by atoms with Crippen LogP contribution < -0.4 is 5.32 Å². The van der Waals surface area contributed by atoms with E-state index in [-0.39, 0.29) is 11.2 Å². The van der Waals surface area contributed by atoms with E-state index in [4.69, 9.17) is 0 Å². The number of aromatic nitrogens is 1. The second-order valence-electron chi connectivity index (χ2n) is 4.57. The highest BCUT2D eigenvalue weighted by Gasteiger charge is 2.25. The molecule has 98 valence electrons. The molecule has 0 spiro atoms. The topological polar surface area (TPSA) is 45.2 Å². The minimum Gasteiger partial charge on any atom is -0.339 e. The van der Waals surface area contributed by atoms with E-state index < -0.39 is 0 Å². The molecular weight excluding hydrogens is 246 g/mol. The van der Waals surface area contributed by atoms with E-state index in [0.29, 0.717) is 6.04 Å². The smallest absolute Gasteiger partial charge is 0.235 e. The summed E-state index contributed by atoms with van der Waals surface area (Å²) in [5.74, 6) is 0.207. The van der Waals surface area contributed by atoms with Crippen molar-refractivity contribution >= 4 is 17.7 Å². The summed E-state index contributed by atoms with van der Waals surface area (Å²) in [6.07, 6.45) is 1.76. The number of hydrogen-bond acceptors (Lipinski definition) is 4. The molecule has 0 radical (unpaired) electrons. The van der Waals surface area contributed by atoms with E-state index in [9.17, 15) is 4.79 Å². The van der Waals surface area contributed by atoms with E-state index in [0.717, 1.165) is 24.7 Å². The number of nitrogens with one attached hydrogen (secondary N) is 1. The lowest BCUT2D eigenvalue weighted by molar-refractivity contribution is -0.131. The van der Waals surface area contributed by atoms with Gasteiger partial charge in [0.15, 0.2) is 0 Å². The zero-order valence-electron chi connectivity index (χ0n) is 10.8. The zero-order valence-corrected chi connectivity index (χ0v) is 11.6. The predicted molar refractivity (Wildman–Crippen MR) is 73.6 cm³/mol. The first-order valence-electron chi connectivity index (χ1n) is 6.26. The van der Waals surface area contributed by atoms with E-state index in [1.807, 2.05) is 30.0 Å².